The number of carbonyl (C=O) groups excluding carboxylic acids is 2. The normalized spacial score (nSPS) is 15.5. The number of fused-ring (bicyclic) bond motifs is 2. The van der Waals surface area contributed by atoms with Gasteiger partial charge in [0, 0.05) is 0 Å². The maximum Gasteiger partial charge on any atom is 0.343 e. The van der Waals surface area contributed by atoms with Crippen molar-refractivity contribution in [2.75, 3.05) is 20.5 Å². The first-order chi connectivity index (χ1) is 17.1. The van der Waals surface area contributed by atoms with Gasteiger partial charge < -0.3 is 28.4 Å². The Bertz CT molecular complexity index is 1310. The number of hydrogen-bond donors (Lipinski definition) is 1. The Balaban J connectivity index is 1.20. The Kier molecular flexibility index (Phi) is 6.08. The van der Waals surface area contributed by atoms with Gasteiger partial charge in [0.1, 0.15) is 6.61 Å². The van der Waals surface area contributed by atoms with Crippen molar-refractivity contribution in [3.8, 4) is 34.5 Å². The number of amides is 1. The van der Waals surface area contributed by atoms with Gasteiger partial charge in [-0.15, -0.1) is 0 Å². The second-order valence-corrected chi connectivity index (χ2v) is 7.47. The lowest BCUT2D eigenvalue weighted by atomic mass is 10.2. The van der Waals surface area contributed by atoms with E-state index in [2.05, 4.69) is 10.5 Å². The van der Waals surface area contributed by atoms with Crippen LogP contribution < -0.4 is 33.8 Å². The second-order valence-electron chi connectivity index (χ2n) is 7.47. The van der Waals surface area contributed by atoms with Gasteiger partial charge in [-0.05, 0) is 54.1 Å². The number of hydrazone groups is 1. The predicted octanol–water partition coefficient (Wildman–Crippen LogP) is 2.93. The van der Waals surface area contributed by atoms with Crippen molar-refractivity contribution in [2.45, 2.75) is 6.10 Å². The topological polar surface area (TPSA) is 114 Å². The molecule has 0 fully saturated rings. The molecule has 2 aliphatic rings. The zero-order chi connectivity index (χ0) is 24.2. The summed E-state index contributed by atoms with van der Waals surface area (Å²) in [6.07, 6.45) is 0.608. The van der Waals surface area contributed by atoms with E-state index < -0.39 is 18.0 Å². The first kappa shape index (κ1) is 22.1. The van der Waals surface area contributed by atoms with Crippen molar-refractivity contribution < 1.29 is 38.0 Å². The predicted molar refractivity (Wildman–Crippen MR) is 123 cm³/mol. The number of esters is 1. The number of hydrogen-bond acceptors (Lipinski definition) is 9. The van der Waals surface area contributed by atoms with Crippen LogP contribution in [0.3, 0.4) is 0 Å². The fourth-order valence-electron chi connectivity index (χ4n) is 3.42. The molecule has 0 bridgehead atoms. The van der Waals surface area contributed by atoms with E-state index in [1.54, 1.807) is 54.6 Å². The maximum atomic E-state index is 12.6. The third-order valence-corrected chi connectivity index (χ3v) is 5.19. The molecule has 3 aromatic carbocycles. The molecular formula is C25H20N2O8. The minimum atomic E-state index is -0.824. The SMILES string of the molecule is COc1cc(C=NNC(=O)C2COc3ccccc3O2)ccc1OC(=O)c1ccc2c(c1)OCO2. The molecule has 0 aliphatic carbocycles. The summed E-state index contributed by atoms with van der Waals surface area (Å²) in [5.41, 5.74) is 3.35. The van der Waals surface area contributed by atoms with Crippen LogP contribution in [0.25, 0.3) is 0 Å². The first-order valence-electron chi connectivity index (χ1n) is 10.6. The van der Waals surface area contributed by atoms with Crippen molar-refractivity contribution in [2.24, 2.45) is 5.10 Å². The van der Waals surface area contributed by atoms with Crippen LogP contribution in [0.2, 0.25) is 0 Å². The lowest BCUT2D eigenvalue weighted by Gasteiger charge is -2.24. The molecule has 0 spiro atoms. The summed E-state index contributed by atoms with van der Waals surface area (Å²) in [7, 11) is 1.45. The average Bonchev–Trinajstić information content (AvgIpc) is 3.37. The highest BCUT2D eigenvalue weighted by Gasteiger charge is 2.27. The fourth-order valence-corrected chi connectivity index (χ4v) is 3.42. The Hall–Kier alpha value is -4.73. The summed E-state index contributed by atoms with van der Waals surface area (Å²) in [6, 6.07) is 16.8. The third kappa shape index (κ3) is 4.81. The van der Waals surface area contributed by atoms with E-state index in [-0.39, 0.29) is 19.1 Å². The molecule has 2 heterocycles. The van der Waals surface area contributed by atoms with E-state index >= 15 is 0 Å². The zero-order valence-electron chi connectivity index (χ0n) is 18.6. The molecule has 0 aromatic heterocycles. The molecule has 3 aromatic rings. The summed E-state index contributed by atoms with van der Waals surface area (Å²) >= 11 is 0. The van der Waals surface area contributed by atoms with Gasteiger partial charge in [0.15, 0.2) is 34.5 Å². The van der Waals surface area contributed by atoms with Crippen LogP contribution in [0.4, 0.5) is 0 Å². The highest BCUT2D eigenvalue weighted by atomic mass is 16.7. The van der Waals surface area contributed by atoms with E-state index in [9.17, 15) is 9.59 Å². The number of ether oxygens (including phenoxy) is 6. The average molecular weight is 476 g/mol. The van der Waals surface area contributed by atoms with Crippen LogP contribution >= 0.6 is 0 Å². The van der Waals surface area contributed by atoms with Crippen molar-refractivity contribution in [3.63, 3.8) is 0 Å². The van der Waals surface area contributed by atoms with Gasteiger partial charge in [0.25, 0.3) is 5.91 Å². The molecule has 1 unspecified atom stereocenters. The fraction of sp³-hybridized carbons (Fsp3) is 0.160. The molecule has 1 atom stereocenters. The lowest BCUT2D eigenvalue weighted by molar-refractivity contribution is -0.130. The molecule has 0 saturated heterocycles. The molecule has 178 valence electrons. The molecule has 2 aliphatic heterocycles. The second kappa shape index (κ2) is 9.64. The van der Waals surface area contributed by atoms with Crippen LogP contribution in [-0.4, -0.2) is 44.7 Å². The Morgan fingerprint density at radius 3 is 2.60 bits per heavy atom. The maximum absolute atomic E-state index is 12.6. The number of methoxy groups -OCH3 is 1. The zero-order valence-corrected chi connectivity index (χ0v) is 18.6. The van der Waals surface area contributed by atoms with Gasteiger partial charge in [-0.2, -0.15) is 5.10 Å². The monoisotopic (exact) mass is 476 g/mol. The summed E-state index contributed by atoms with van der Waals surface area (Å²) in [5, 5.41) is 3.97. The van der Waals surface area contributed by atoms with E-state index in [1.165, 1.54) is 13.3 Å². The number of para-hydroxylation sites is 2. The smallest absolute Gasteiger partial charge is 0.343 e. The summed E-state index contributed by atoms with van der Waals surface area (Å²) in [4.78, 5) is 24.9. The quantitative estimate of drug-likeness (QED) is 0.250. The van der Waals surface area contributed by atoms with Crippen molar-refractivity contribution in [1.82, 2.24) is 5.43 Å². The Morgan fingerprint density at radius 2 is 1.74 bits per heavy atom. The number of nitrogens with zero attached hydrogens (tertiary/aromatic N) is 1. The number of rotatable bonds is 6. The van der Waals surface area contributed by atoms with Gasteiger partial charge in [-0.25, -0.2) is 10.2 Å². The van der Waals surface area contributed by atoms with Crippen molar-refractivity contribution >= 4 is 18.1 Å². The molecule has 0 saturated carbocycles. The van der Waals surface area contributed by atoms with Crippen LogP contribution in [0, 0.1) is 0 Å². The van der Waals surface area contributed by atoms with Crippen LogP contribution in [0.5, 0.6) is 34.5 Å². The van der Waals surface area contributed by atoms with E-state index in [1.807, 2.05) is 6.07 Å². The molecule has 10 heteroatoms. The largest absolute Gasteiger partial charge is 0.493 e. The third-order valence-electron chi connectivity index (χ3n) is 5.19. The van der Waals surface area contributed by atoms with Crippen molar-refractivity contribution in [1.29, 1.82) is 0 Å². The summed E-state index contributed by atoms with van der Waals surface area (Å²) < 4.78 is 32.6. The Labute approximate surface area is 200 Å². The first-order valence-corrected chi connectivity index (χ1v) is 10.6. The minimum Gasteiger partial charge on any atom is -0.493 e. The molecule has 35 heavy (non-hydrogen) atoms. The number of nitrogens with one attached hydrogen (secondary N) is 1. The molecule has 1 amide bonds. The van der Waals surface area contributed by atoms with Gasteiger partial charge in [-0.1, -0.05) is 12.1 Å². The van der Waals surface area contributed by atoms with Gasteiger partial charge in [0.2, 0.25) is 12.9 Å². The number of benzene rings is 3. The van der Waals surface area contributed by atoms with E-state index in [0.717, 1.165) is 0 Å². The highest BCUT2D eigenvalue weighted by molar-refractivity contribution is 5.92. The Morgan fingerprint density at radius 1 is 0.943 bits per heavy atom. The van der Waals surface area contributed by atoms with Gasteiger partial charge >= 0.3 is 5.97 Å². The molecule has 0 radical (unpaired) electrons. The van der Waals surface area contributed by atoms with Crippen LogP contribution in [0.1, 0.15) is 15.9 Å². The van der Waals surface area contributed by atoms with Crippen LogP contribution in [0.15, 0.2) is 65.8 Å². The van der Waals surface area contributed by atoms with Crippen molar-refractivity contribution in [3.05, 3.63) is 71.8 Å². The molecule has 1 N–H and O–H groups in total. The standard InChI is InChI=1S/C25H20N2O8/c1-30-21-10-15(12-26-27-24(28)23-13-31-17-4-2-3-5-19(17)34-23)6-8-20(21)35-25(29)16-7-9-18-22(11-16)33-14-32-18/h2-12,23H,13-14H2,1H3,(H,27,28). The number of carbonyl (C=O) groups is 2. The summed E-state index contributed by atoms with van der Waals surface area (Å²) in [5.74, 6) is 1.66. The van der Waals surface area contributed by atoms with Crippen LogP contribution in [-0.2, 0) is 4.79 Å². The van der Waals surface area contributed by atoms with E-state index in [4.69, 9.17) is 28.4 Å². The van der Waals surface area contributed by atoms with Gasteiger partial charge in [-0.3, -0.25) is 4.79 Å². The minimum absolute atomic E-state index is 0.0790. The highest BCUT2D eigenvalue weighted by Crippen LogP contribution is 2.34. The lowest BCUT2D eigenvalue weighted by Crippen LogP contribution is -2.42. The van der Waals surface area contributed by atoms with E-state index in [0.29, 0.717) is 39.9 Å². The molecule has 5 rings (SSSR count). The summed E-state index contributed by atoms with van der Waals surface area (Å²) in [6.45, 7) is 0.191. The molecule has 10 nitrogen and oxygen atoms in total. The van der Waals surface area contributed by atoms with Gasteiger partial charge in [0.05, 0.1) is 18.9 Å². The molecular weight excluding hydrogens is 456 g/mol.